The third-order valence-electron chi connectivity index (χ3n) is 5.71. The lowest BCUT2D eigenvalue weighted by molar-refractivity contribution is 0.0684. The molecule has 1 N–H and O–H groups in total. The monoisotopic (exact) mass is 466 g/mol. The fourth-order valence-electron chi connectivity index (χ4n) is 4.00. The van der Waals surface area contributed by atoms with Gasteiger partial charge in [0.25, 0.3) is 0 Å². The maximum Gasteiger partial charge on any atom is 0.414 e. The second kappa shape index (κ2) is 9.02. The van der Waals surface area contributed by atoms with Gasteiger partial charge in [-0.2, -0.15) is 0 Å². The zero-order valence-corrected chi connectivity index (χ0v) is 18.2. The van der Waals surface area contributed by atoms with Crippen molar-refractivity contribution >= 4 is 29.1 Å². The average molecular weight is 466 g/mol. The molecule has 0 saturated carbocycles. The fourth-order valence-corrected chi connectivity index (χ4v) is 4.00. The first-order chi connectivity index (χ1) is 16.5. The number of pyridine rings is 1. The van der Waals surface area contributed by atoms with Crippen LogP contribution in [0.4, 0.5) is 16.2 Å². The second-order valence-corrected chi connectivity index (χ2v) is 7.82. The van der Waals surface area contributed by atoms with E-state index >= 15 is 0 Å². The SMILES string of the molecule is O=C(O)c1nc2c(N3CCOC3=O)cc(N3CCOCC3)cn2c(=O)c1OCc1ccccc1. The molecule has 11 nitrogen and oxygen atoms in total. The van der Waals surface area contributed by atoms with Gasteiger partial charge in [0.1, 0.15) is 13.2 Å². The number of carboxylic acid groups (broad SMARTS) is 1. The van der Waals surface area contributed by atoms with E-state index in [1.54, 1.807) is 24.4 Å². The number of ether oxygens (including phenoxy) is 3. The zero-order chi connectivity index (χ0) is 23.7. The number of morpholine rings is 1. The molecule has 0 unspecified atom stereocenters. The molecule has 11 heteroatoms. The molecular formula is C23H22N4O7. The molecule has 2 aliphatic heterocycles. The molecule has 1 amide bonds. The maximum atomic E-state index is 13.5. The van der Waals surface area contributed by atoms with Gasteiger partial charge in [-0.3, -0.25) is 14.1 Å². The van der Waals surface area contributed by atoms with Gasteiger partial charge < -0.3 is 24.2 Å². The van der Waals surface area contributed by atoms with E-state index in [2.05, 4.69) is 4.98 Å². The van der Waals surface area contributed by atoms with Crippen molar-refractivity contribution in [3.05, 3.63) is 64.2 Å². The standard InChI is InChI=1S/C23H22N4O7/c28-21-19(34-14-15-4-2-1-3-5-15)18(22(29)30)24-20-17(26-8-11-33-23(26)31)12-16(13-27(20)21)25-6-9-32-10-7-25/h1-5,12-13H,6-11,14H2,(H,29,30). The topological polar surface area (TPSA) is 123 Å². The summed E-state index contributed by atoms with van der Waals surface area (Å²) in [4.78, 5) is 45.5. The smallest absolute Gasteiger partial charge is 0.414 e. The van der Waals surface area contributed by atoms with Crippen molar-refractivity contribution in [1.82, 2.24) is 9.38 Å². The summed E-state index contributed by atoms with van der Waals surface area (Å²) >= 11 is 0. The molecule has 4 heterocycles. The Morgan fingerprint density at radius 2 is 1.85 bits per heavy atom. The molecule has 0 spiro atoms. The van der Waals surface area contributed by atoms with Gasteiger partial charge >= 0.3 is 17.6 Å². The van der Waals surface area contributed by atoms with Crippen LogP contribution in [-0.4, -0.2) is 66.0 Å². The minimum atomic E-state index is -1.41. The first kappa shape index (κ1) is 21.7. The normalized spacial score (nSPS) is 16.1. The van der Waals surface area contributed by atoms with E-state index < -0.39 is 23.3 Å². The Balaban J connectivity index is 1.68. The molecule has 0 atom stereocenters. The van der Waals surface area contributed by atoms with Crippen molar-refractivity contribution in [2.75, 3.05) is 49.3 Å². The first-order valence-electron chi connectivity index (χ1n) is 10.8. The van der Waals surface area contributed by atoms with Crippen molar-refractivity contribution in [3.63, 3.8) is 0 Å². The number of carboxylic acids is 1. The lowest BCUT2D eigenvalue weighted by atomic mass is 10.2. The van der Waals surface area contributed by atoms with Crippen LogP contribution in [0.1, 0.15) is 16.1 Å². The van der Waals surface area contributed by atoms with Crippen molar-refractivity contribution < 1.29 is 28.9 Å². The Kier molecular flexibility index (Phi) is 5.76. The number of carbonyl (C=O) groups is 2. The summed E-state index contributed by atoms with van der Waals surface area (Å²) in [7, 11) is 0. The number of aromatic carboxylic acids is 1. The number of carbonyl (C=O) groups excluding carboxylic acids is 1. The summed E-state index contributed by atoms with van der Waals surface area (Å²) in [6.45, 7) is 2.68. The van der Waals surface area contributed by atoms with Crippen LogP contribution in [0.5, 0.6) is 5.75 Å². The largest absolute Gasteiger partial charge is 0.481 e. The molecule has 5 rings (SSSR count). The van der Waals surface area contributed by atoms with Crippen LogP contribution in [0.15, 0.2) is 47.4 Å². The number of hydrogen-bond acceptors (Lipinski definition) is 8. The first-order valence-corrected chi connectivity index (χ1v) is 10.8. The van der Waals surface area contributed by atoms with Gasteiger partial charge in [0, 0.05) is 19.3 Å². The molecule has 1 aromatic carbocycles. The van der Waals surface area contributed by atoms with Crippen molar-refractivity contribution in [2.24, 2.45) is 0 Å². The van der Waals surface area contributed by atoms with E-state index in [0.29, 0.717) is 37.7 Å². The summed E-state index contributed by atoms with van der Waals surface area (Å²) in [6, 6.07) is 10.8. The van der Waals surface area contributed by atoms with Gasteiger partial charge in [0.2, 0.25) is 5.75 Å². The highest BCUT2D eigenvalue weighted by Gasteiger charge is 2.30. The Morgan fingerprint density at radius 3 is 2.53 bits per heavy atom. The van der Waals surface area contributed by atoms with Crippen LogP contribution in [-0.2, 0) is 16.1 Å². The Hall–Kier alpha value is -4.12. The van der Waals surface area contributed by atoms with E-state index in [0.717, 1.165) is 5.56 Å². The predicted octanol–water partition coefficient (Wildman–Crippen LogP) is 1.76. The fraction of sp³-hybridized carbons (Fsp3) is 0.304. The van der Waals surface area contributed by atoms with Crippen LogP contribution >= 0.6 is 0 Å². The van der Waals surface area contributed by atoms with E-state index in [-0.39, 0.29) is 31.2 Å². The maximum absolute atomic E-state index is 13.5. The summed E-state index contributed by atoms with van der Waals surface area (Å²) in [5, 5.41) is 9.80. The number of aromatic nitrogens is 2. The highest BCUT2D eigenvalue weighted by atomic mass is 16.6. The molecule has 34 heavy (non-hydrogen) atoms. The Bertz CT molecular complexity index is 1300. The van der Waals surface area contributed by atoms with E-state index in [4.69, 9.17) is 14.2 Å². The molecule has 0 aliphatic carbocycles. The highest BCUT2D eigenvalue weighted by molar-refractivity contribution is 5.96. The number of anilines is 2. The Labute approximate surface area is 193 Å². The predicted molar refractivity (Wildman–Crippen MR) is 121 cm³/mol. The minimum Gasteiger partial charge on any atom is -0.481 e. The zero-order valence-electron chi connectivity index (χ0n) is 18.2. The molecular weight excluding hydrogens is 444 g/mol. The highest BCUT2D eigenvalue weighted by Crippen LogP contribution is 2.30. The van der Waals surface area contributed by atoms with Crippen molar-refractivity contribution in [3.8, 4) is 5.75 Å². The molecule has 0 bridgehead atoms. The van der Waals surface area contributed by atoms with E-state index in [1.165, 1.54) is 9.30 Å². The number of amides is 1. The number of fused-ring (bicyclic) bond motifs is 1. The van der Waals surface area contributed by atoms with Crippen LogP contribution in [0.2, 0.25) is 0 Å². The van der Waals surface area contributed by atoms with Gasteiger partial charge in [0.05, 0.1) is 31.1 Å². The van der Waals surface area contributed by atoms with Gasteiger partial charge in [-0.1, -0.05) is 30.3 Å². The van der Waals surface area contributed by atoms with Crippen LogP contribution in [0.25, 0.3) is 5.65 Å². The molecule has 2 fully saturated rings. The third kappa shape index (κ3) is 4.01. The summed E-state index contributed by atoms with van der Waals surface area (Å²) < 4.78 is 17.4. The molecule has 2 aliphatic rings. The van der Waals surface area contributed by atoms with Gasteiger partial charge in [-0.05, 0) is 11.6 Å². The van der Waals surface area contributed by atoms with Gasteiger partial charge in [-0.25, -0.2) is 14.6 Å². The number of nitrogens with zero attached hydrogens (tertiary/aromatic N) is 4. The van der Waals surface area contributed by atoms with E-state index in [1.807, 2.05) is 23.1 Å². The summed E-state index contributed by atoms with van der Waals surface area (Å²) in [5.41, 5.74) is 0.569. The van der Waals surface area contributed by atoms with Gasteiger partial charge in [-0.15, -0.1) is 0 Å². The average Bonchev–Trinajstić information content (AvgIpc) is 3.29. The Morgan fingerprint density at radius 1 is 1.09 bits per heavy atom. The number of rotatable bonds is 6. The second-order valence-electron chi connectivity index (χ2n) is 7.82. The third-order valence-corrected chi connectivity index (χ3v) is 5.71. The lowest BCUT2D eigenvalue weighted by Gasteiger charge is -2.30. The molecule has 3 aromatic rings. The lowest BCUT2D eigenvalue weighted by Crippen LogP contribution is -2.37. The molecule has 0 radical (unpaired) electrons. The summed E-state index contributed by atoms with van der Waals surface area (Å²) in [5.74, 6) is -1.78. The van der Waals surface area contributed by atoms with Crippen LogP contribution in [0.3, 0.4) is 0 Å². The van der Waals surface area contributed by atoms with Gasteiger partial charge in [0.15, 0.2) is 11.3 Å². The minimum absolute atomic E-state index is 0.00142. The van der Waals surface area contributed by atoms with Crippen molar-refractivity contribution in [1.29, 1.82) is 0 Å². The van der Waals surface area contributed by atoms with E-state index in [9.17, 15) is 19.5 Å². The molecule has 2 saturated heterocycles. The van der Waals surface area contributed by atoms with Crippen LogP contribution in [0, 0.1) is 0 Å². The number of benzene rings is 1. The van der Waals surface area contributed by atoms with Crippen molar-refractivity contribution in [2.45, 2.75) is 6.61 Å². The number of hydrogen-bond donors (Lipinski definition) is 1. The van der Waals surface area contributed by atoms with Crippen LogP contribution < -0.4 is 20.1 Å². The quantitative estimate of drug-likeness (QED) is 0.579. The summed E-state index contributed by atoms with van der Waals surface area (Å²) in [6.07, 6.45) is 0.999. The molecule has 2 aromatic heterocycles. The molecule has 176 valence electrons. The number of cyclic esters (lactones) is 1.